The molecule has 1 saturated heterocycles. The topological polar surface area (TPSA) is 97.0 Å². The van der Waals surface area contributed by atoms with Crippen LogP contribution in [-0.2, 0) is 32.2 Å². The van der Waals surface area contributed by atoms with Gasteiger partial charge in [-0.05, 0) is 25.0 Å². The second-order valence-electron chi connectivity index (χ2n) is 8.16. The molecule has 2 N–H and O–H groups in total. The Morgan fingerprint density at radius 1 is 1.39 bits per heavy atom. The first-order valence-electron chi connectivity index (χ1n) is 10.4. The van der Waals surface area contributed by atoms with Crippen LogP contribution in [0, 0.1) is 11.7 Å². The van der Waals surface area contributed by atoms with E-state index in [0.717, 1.165) is 5.56 Å². The zero-order valence-corrected chi connectivity index (χ0v) is 17.4. The van der Waals surface area contributed by atoms with Crippen molar-refractivity contribution < 1.29 is 28.2 Å². The van der Waals surface area contributed by atoms with E-state index in [1.807, 2.05) is 0 Å². The maximum absolute atomic E-state index is 13.9. The number of rotatable bonds is 6. The highest BCUT2D eigenvalue weighted by atomic mass is 19.1. The lowest BCUT2D eigenvalue weighted by Crippen LogP contribution is -2.51. The molecule has 2 fully saturated rings. The molecule has 1 aromatic rings. The van der Waals surface area contributed by atoms with E-state index in [-0.39, 0.29) is 37.2 Å². The summed E-state index contributed by atoms with van der Waals surface area (Å²) in [6.45, 7) is 6.42. The SMILES string of the molecule is C=C[C@@H]1C[C@]1(NC(=O)[C@@H]1C[C@@H](OC(=O)N2Cc3cccc(F)c3C2)CN1)C(=O)OCC. The zero-order chi connectivity index (χ0) is 22.2. The molecule has 4 rings (SSSR count). The first-order chi connectivity index (χ1) is 14.9. The van der Waals surface area contributed by atoms with E-state index in [2.05, 4.69) is 17.2 Å². The molecule has 0 radical (unpaired) electrons. The third kappa shape index (κ3) is 4.01. The summed E-state index contributed by atoms with van der Waals surface area (Å²) in [7, 11) is 0. The Hall–Kier alpha value is -2.94. The first-order valence-corrected chi connectivity index (χ1v) is 10.4. The number of carbonyl (C=O) groups is 3. The van der Waals surface area contributed by atoms with E-state index in [0.29, 0.717) is 25.1 Å². The zero-order valence-electron chi connectivity index (χ0n) is 17.4. The van der Waals surface area contributed by atoms with Gasteiger partial charge in [-0.3, -0.25) is 9.69 Å². The van der Waals surface area contributed by atoms with Crippen LogP contribution in [0.2, 0.25) is 0 Å². The summed E-state index contributed by atoms with van der Waals surface area (Å²) in [6, 6.07) is 4.19. The largest absolute Gasteiger partial charge is 0.464 e. The van der Waals surface area contributed by atoms with Crippen LogP contribution in [0.15, 0.2) is 30.9 Å². The lowest BCUT2D eigenvalue weighted by atomic mass is 10.1. The molecule has 8 nitrogen and oxygen atoms in total. The van der Waals surface area contributed by atoms with Crippen molar-refractivity contribution in [2.24, 2.45) is 5.92 Å². The number of nitrogens with zero attached hydrogens (tertiary/aromatic N) is 1. The monoisotopic (exact) mass is 431 g/mol. The minimum absolute atomic E-state index is 0.163. The second-order valence-corrected chi connectivity index (χ2v) is 8.16. The number of hydrogen-bond donors (Lipinski definition) is 2. The summed E-state index contributed by atoms with van der Waals surface area (Å²) in [4.78, 5) is 39.0. The number of carbonyl (C=O) groups excluding carboxylic acids is 3. The van der Waals surface area contributed by atoms with Gasteiger partial charge in [-0.25, -0.2) is 14.0 Å². The summed E-state index contributed by atoms with van der Waals surface area (Å²) in [5.74, 6) is -1.30. The number of ether oxygens (including phenoxy) is 2. The maximum atomic E-state index is 13.9. The molecule has 2 amide bonds. The Balaban J connectivity index is 1.30. The molecule has 2 aliphatic heterocycles. The van der Waals surface area contributed by atoms with Gasteiger partial charge < -0.3 is 20.1 Å². The quantitative estimate of drug-likeness (QED) is 0.525. The van der Waals surface area contributed by atoms with Crippen molar-refractivity contribution in [3.05, 3.63) is 47.8 Å². The Morgan fingerprint density at radius 2 is 2.19 bits per heavy atom. The Morgan fingerprint density at radius 3 is 2.87 bits per heavy atom. The van der Waals surface area contributed by atoms with Gasteiger partial charge >= 0.3 is 12.1 Å². The fraction of sp³-hybridized carbons (Fsp3) is 0.500. The van der Waals surface area contributed by atoms with Gasteiger partial charge in [0, 0.05) is 31.0 Å². The van der Waals surface area contributed by atoms with Crippen LogP contribution >= 0.6 is 0 Å². The molecule has 0 bridgehead atoms. The number of nitrogens with one attached hydrogen (secondary N) is 2. The Kier molecular flexibility index (Phi) is 5.70. The Labute approximate surface area is 179 Å². The van der Waals surface area contributed by atoms with Crippen LogP contribution in [0.1, 0.15) is 30.9 Å². The van der Waals surface area contributed by atoms with Crippen LogP contribution in [-0.4, -0.2) is 53.7 Å². The van der Waals surface area contributed by atoms with Crippen molar-refractivity contribution in [1.82, 2.24) is 15.5 Å². The van der Waals surface area contributed by atoms with Crippen LogP contribution in [0.3, 0.4) is 0 Å². The molecule has 0 unspecified atom stereocenters. The summed E-state index contributed by atoms with van der Waals surface area (Å²) in [6.07, 6.45) is 1.34. The fourth-order valence-electron chi connectivity index (χ4n) is 4.29. The van der Waals surface area contributed by atoms with Gasteiger partial charge in [0.2, 0.25) is 5.91 Å². The standard InChI is InChI=1S/C22H26FN3O5/c1-3-14-9-22(14,20(28)30-4-2)25-19(27)18-8-15(10-24-18)31-21(29)26-11-13-6-5-7-17(23)16(13)12-26/h3,5-7,14-15,18,24H,1,4,8-12H2,2H3,(H,25,27)/t14-,15-,18+,22-/m1/s1. The van der Waals surface area contributed by atoms with Crippen LogP contribution in [0.5, 0.6) is 0 Å². The molecule has 1 aliphatic carbocycles. The predicted molar refractivity (Wildman–Crippen MR) is 108 cm³/mol. The van der Waals surface area contributed by atoms with Crippen molar-refractivity contribution in [3.63, 3.8) is 0 Å². The van der Waals surface area contributed by atoms with E-state index in [1.54, 1.807) is 25.1 Å². The molecule has 9 heteroatoms. The van der Waals surface area contributed by atoms with Crippen molar-refractivity contribution in [2.45, 2.75) is 50.5 Å². The molecule has 2 heterocycles. The number of benzene rings is 1. The third-order valence-electron chi connectivity index (χ3n) is 6.14. The summed E-state index contributed by atoms with van der Waals surface area (Å²) >= 11 is 0. The van der Waals surface area contributed by atoms with E-state index in [9.17, 15) is 18.8 Å². The third-order valence-corrected chi connectivity index (χ3v) is 6.14. The van der Waals surface area contributed by atoms with Gasteiger partial charge in [0.1, 0.15) is 17.5 Å². The Bertz CT molecular complexity index is 922. The van der Waals surface area contributed by atoms with Gasteiger partial charge in [0.05, 0.1) is 19.2 Å². The van der Waals surface area contributed by atoms with Gasteiger partial charge in [-0.2, -0.15) is 0 Å². The summed E-state index contributed by atoms with van der Waals surface area (Å²) in [5, 5.41) is 5.84. The lowest BCUT2D eigenvalue weighted by Gasteiger charge is -2.20. The molecule has 31 heavy (non-hydrogen) atoms. The molecule has 4 atom stereocenters. The molecular formula is C22H26FN3O5. The van der Waals surface area contributed by atoms with E-state index >= 15 is 0 Å². The normalized spacial score (nSPS) is 28.6. The maximum Gasteiger partial charge on any atom is 0.410 e. The first kappa shape index (κ1) is 21.3. The average Bonchev–Trinajstić information content (AvgIpc) is 3.06. The molecule has 0 aromatic heterocycles. The van der Waals surface area contributed by atoms with Crippen molar-refractivity contribution in [1.29, 1.82) is 0 Å². The molecular weight excluding hydrogens is 405 g/mol. The number of amides is 2. The number of fused-ring (bicyclic) bond motifs is 1. The highest BCUT2D eigenvalue weighted by Crippen LogP contribution is 2.45. The van der Waals surface area contributed by atoms with E-state index < -0.39 is 29.7 Å². The molecule has 3 aliphatic rings. The minimum Gasteiger partial charge on any atom is -0.464 e. The van der Waals surface area contributed by atoms with Gasteiger partial charge in [0.15, 0.2) is 0 Å². The molecule has 0 spiro atoms. The van der Waals surface area contributed by atoms with Crippen LogP contribution in [0.4, 0.5) is 9.18 Å². The van der Waals surface area contributed by atoms with Gasteiger partial charge in [-0.1, -0.05) is 18.2 Å². The predicted octanol–water partition coefficient (Wildman–Crippen LogP) is 1.63. The van der Waals surface area contributed by atoms with Crippen LogP contribution in [0.25, 0.3) is 0 Å². The number of esters is 1. The second kappa shape index (κ2) is 8.30. The molecule has 166 valence electrons. The molecule has 1 aromatic carbocycles. The average molecular weight is 431 g/mol. The van der Waals surface area contributed by atoms with Crippen molar-refractivity contribution in [3.8, 4) is 0 Å². The highest BCUT2D eigenvalue weighted by Gasteiger charge is 2.61. The fourth-order valence-corrected chi connectivity index (χ4v) is 4.29. The smallest absolute Gasteiger partial charge is 0.410 e. The lowest BCUT2D eigenvalue weighted by molar-refractivity contribution is -0.149. The van der Waals surface area contributed by atoms with E-state index in [1.165, 1.54) is 11.0 Å². The van der Waals surface area contributed by atoms with Crippen molar-refractivity contribution in [2.75, 3.05) is 13.2 Å². The van der Waals surface area contributed by atoms with Crippen LogP contribution < -0.4 is 10.6 Å². The summed E-state index contributed by atoms with van der Waals surface area (Å²) in [5.41, 5.74) is 0.215. The summed E-state index contributed by atoms with van der Waals surface area (Å²) < 4.78 is 24.5. The number of hydrogen-bond acceptors (Lipinski definition) is 6. The van der Waals surface area contributed by atoms with Gasteiger partial charge in [-0.15, -0.1) is 6.58 Å². The minimum atomic E-state index is -1.06. The highest BCUT2D eigenvalue weighted by molar-refractivity contribution is 5.93. The number of halogens is 1. The van der Waals surface area contributed by atoms with E-state index in [4.69, 9.17) is 9.47 Å². The van der Waals surface area contributed by atoms with Gasteiger partial charge in [0.25, 0.3) is 0 Å². The molecule has 1 saturated carbocycles. The van der Waals surface area contributed by atoms with Crippen molar-refractivity contribution >= 4 is 18.0 Å².